The molecule has 3 amide bonds. The van der Waals surface area contributed by atoms with Gasteiger partial charge < -0.3 is 9.88 Å². The lowest BCUT2D eigenvalue weighted by molar-refractivity contribution is -0.117. The maximum Gasteiger partial charge on any atom is 0.321 e. The number of imide groups is 1. The number of carbonyl (C=O) groups is 2. The van der Waals surface area contributed by atoms with Gasteiger partial charge in [-0.25, -0.2) is 9.18 Å². The van der Waals surface area contributed by atoms with Crippen LogP contribution >= 0.6 is 11.8 Å². The molecule has 1 aliphatic rings. The molecule has 3 rings (SSSR count). The third-order valence-electron chi connectivity index (χ3n) is 3.45. The molecule has 0 aliphatic heterocycles. The monoisotopic (exact) mass is 349 g/mol. The second kappa shape index (κ2) is 7.00. The lowest BCUT2D eigenvalue weighted by atomic mass is 10.2. The molecule has 9 heteroatoms. The predicted molar refractivity (Wildman–Crippen MR) is 86.8 cm³/mol. The molecule has 2 aromatic rings. The van der Waals surface area contributed by atoms with Gasteiger partial charge in [-0.2, -0.15) is 0 Å². The van der Waals surface area contributed by atoms with E-state index < -0.39 is 11.9 Å². The van der Waals surface area contributed by atoms with Gasteiger partial charge in [-0.3, -0.25) is 10.1 Å². The van der Waals surface area contributed by atoms with Crippen LogP contribution in [0.25, 0.3) is 11.4 Å². The predicted octanol–water partition coefficient (Wildman–Crippen LogP) is 1.70. The molecule has 0 spiro atoms. The summed E-state index contributed by atoms with van der Waals surface area (Å²) in [6.45, 7) is 0. The summed E-state index contributed by atoms with van der Waals surface area (Å²) < 4.78 is 15.4. The van der Waals surface area contributed by atoms with Crippen LogP contribution < -0.4 is 10.6 Å². The molecular weight excluding hydrogens is 333 g/mol. The zero-order chi connectivity index (χ0) is 17.1. The lowest BCUT2D eigenvalue weighted by Crippen LogP contribution is -2.41. The Labute approximate surface area is 142 Å². The van der Waals surface area contributed by atoms with E-state index >= 15 is 0 Å². The fourth-order valence-corrected chi connectivity index (χ4v) is 2.77. The van der Waals surface area contributed by atoms with Crippen molar-refractivity contribution >= 4 is 23.7 Å². The van der Waals surface area contributed by atoms with Crippen LogP contribution in [0.4, 0.5) is 9.18 Å². The first-order valence-corrected chi connectivity index (χ1v) is 8.40. The fourth-order valence-electron chi connectivity index (χ4n) is 2.06. The average molecular weight is 349 g/mol. The summed E-state index contributed by atoms with van der Waals surface area (Å²) in [5.74, 6) is -0.420. The van der Waals surface area contributed by atoms with Crippen molar-refractivity contribution in [2.75, 3.05) is 5.75 Å². The Morgan fingerprint density at radius 1 is 1.33 bits per heavy atom. The Kier molecular flexibility index (Phi) is 4.79. The van der Waals surface area contributed by atoms with Crippen LogP contribution in [0.3, 0.4) is 0 Å². The lowest BCUT2D eigenvalue weighted by Gasteiger charge is -2.06. The first kappa shape index (κ1) is 16.4. The number of hydrogen-bond donors (Lipinski definition) is 2. The highest BCUT2D eigenvalue weighted by Crippen LogP contribution is 2.24. The molecule has 0 unspecified atom stereocenters. The summed E-state index contributed by atoms with van der Waals surface area (Å²) in [7, 11) is 1.70. The quantitative estimate of drug-likeness (QED) is 0.802. The fraction of sp³-hybridized carbons (Fsp3) is 0.333. The number of rotatable bonds is 5. The molecule has 2 N–H and O–H groups in total. The number of carbonyl (C=O) groups excluding carboxylic acids is 2. The Morgan fingerprint density at radius 2 is 2.08 bits per heavy atom. The van der Waals surface area contributed by atoms with Gasteiger partial charge in [-0.05, 0) is 25.0 Å². The van der Waals surface area contributed by atoms with E-state index in [1.165, 1.54) is 6.07 Å². The van der Waals surface area contributed by atoms with E-state index in [1.54, 1.807) is 29.8 Å². The van der Waals surface area contributed by atoms with Crippen molar-refractivity contribution in [2.45, 2.75) is 24.0 Å². The summed E-state index contributed by atoms with van der Waals surface area (Å²) in [5, 5.41) is 13.3. The summed E-state index contributed by atoms with van der Waals surface area (Å²) in [6.07, 6.45) is 1.91. The summed E-state index contributed by atoms with van der Waals surface area (Å²) in [5.41, 5.74) is 0.340. The summed E-state index contributed by atoms with van der Waals surface area (Å²) in [6, 6.07) is 5.99. The van der Waals surface area contributed by atoms with E-state index in [4.69, 9.17) is 0 Å². The SMILES string of the molecule is Cn1c(SCC(=O)NC(=O)NC2CC2)nnc1-c1ccccc1F. The third kappa shape index (κ3) is 3.91. The van der Waals surface area contributed by atoms with Crippen molar-refractivity contribution in [1.29, 1.82) is 0 Å². The number of amides is 3. The number of benzene rings is 1. The molecule has 7 nitrogen and oxygen atoms in total. The topological polar surface area (TPSA) is 88.9 Å². The van der Waals surface area contributed by atoms with Crippen LogP contribution in [-0.4, -0.2) is 38.5 Å². The van der Waals surface area contributed by atoms with Crippen molar-refractivity contribution in [3.8, 4) is 11.4 Å². The molecule has 126 valence electrons. The van der Waals surface area contributed by atoms with Gasteiger partial charge in [0.05, 0.1) is 11.3 Å². The van der Waals surface area contributed by atoms with E-state index in [-0.39, 0.29) is 17.6 Å². The van der Waals surface area contributed by atoms with Crippen LogP contribution in [0, 0.1) is 5.82 Å². The highest BCUT2D eigenvalue weighted by molar-refractivity contribution is 7.99. The van der Waals surface area contributed by atoms with Crippen LogP contribution in [0.2, 0.25) is 0 Å². The number of hydrogen-bond acceptors (Lipinski definition) is 5. The Balaban J connectivity index is 1.59. The van der Waals surface area contributed by atoms with Gasteiger partial charge in [0, 0.05) is 13.1 Å². The zero-order valence-electron chi connectivity index (χ0n) is 13.0. The van der Waals surface area contributed by atoms with Gasteiger partial charge in [-0.15, -0.1) is 10.2 Å². The van der Waals surface area contributed by atoms with E-state index in [9.17, 15) is 14.0 Å². The van der Waals surface area contributed by atoms with Gasteiger partial charge >= 0.3 is 6.03 Å². The zero-order valence-corrected chi connectivity index (χ0v) is 13.8. The first-order valence-electron chi connectivity index (χ1n) is 7.42. The van der Waals surface area contributed by atoms with Gasteiger partial charge in [0.25, 0.3) is 0 Å². The smallest absolute Gasteiger partial charge is 0.321 e. The van der Waals surface area contributed by atoms with Crippen LogP contribution in [-0.2, 0) is 11.8 Å². The van der Waals surface area contributed by atoms with Crippen molar-refractivity contribution in [1.82, 2.24) is 25.4 Å². The van der Waals surface area contributed by atoms with Crippen molar-refractivity contribution in [2.24, 2.45) is 7.05 Å². The largest absolute Gasteiger partial charge is 0.335 e. The molecule has 1 aromatic heterocycles. The second-order valence-electron chi connectivity index (χ2n) is 5.43. The minimum Gasteiger partial charge on any atom is -0.335 e. The third-order valence-corrected chi connectivity index (χ3v) is 4.47. The van der Waals surface area contributed by atoms with E-state index in [0.29, 0.717) is 16.5 Å². The molecule has 0 radical (unpaired) electrons. The van der Waals surface area contributed by atoms with Crippen molar-refractivity contribution < 1.29 is 14.0 Å². The van der Waals surface area contributed by atoms with Gasteiger partial charge in [0.15, 0.2) is 11.0 Å². The first-order chi connectivity index (χ1) is 11.5. The maximum atomic E-state index is 13.8. The number of halogens is 1. The minimum absolute atomic E-state index is 0.0152. The maximum absolute atomic E-state index is 13.8. The highest BCUT2D eigenvalue weighted by Gasteiger charge is 2.24. The summed E-state index contributed by atoms with van der Waals surface area (Å²) in [4.78, 5) is 23.2. The molecule has 1 heterocycles. The van der Waals surface area contributed by atoms with Crippen LogP contribution in [0.15, 0.2) is 29.4 Å². The molecule has 0 bridgehead atoms. The Morgan fingerprint density at radius 3 is 2.79 bits per heavy atom. The standard InChI is InChI=1S/C15H16FN5O2S/c1-21-13(10-4-2-3-5-11(10)16)19-20-15(21)24-8-12(22)18-14(23)17-9-6-7-9/h2-5,9H,6-8H2,1H3,(H2,17,18,22,23). The van der Waals surface area contributed by atoms with Crippen LogP contribution in [0.1, 0.15) is 12.8 Å². The number of nitrogens with zero attached hydrogens (tertiary/aromatic N) is 3. The van der Waals surface area contributed by atoms with E-state index in [2.05, 4.69) is 20.8 Å². The number of thioether (sulfide) groups is 1. The molecule has 24 heavy (non-hydrogen) atoms. The molecule has 1 fully saturated rings. The Bertz CT molecular complexity index is 775. The van der Waals surface area contributed by atoms with Gasteiger partial charge in [0.2, 0.25) is 5.91 Å². The molecule has 0 atom stereocenters. The molecule has 1 aliphatic carbocycles. The van der Waals surface area contributed by atoms with Gasteiger partial charge in [-0.1, -0.05) is 23.9 Å². The Hall–Kier alpha value is -2.42. The van der Waals surface area contributed by atoms with Crippen LogP contribution in [0.5, 0.6) is 0 Å². The number of nitrogens with one attached hydrogen (secondary N) is 2. The molecular formula is C15H16FN5O2S. The summed E-state index contributed by atoms with van der Waals surface area (Å²) >= 11 is 1.13. The van der Waals surface area contributed by atoms with Gasteiger partial charge in [0.1, 0.15) is 5.82 Å². The van der Waals surface area contributed by atoms with Crippen molar-refractivity contribution in [3.05, 3.63) is 30.1 Å². The minimum atomic E-state index is -0.479. The molecule has 1 aromatic carbocycles. The molecule has 0 saturated heterocycles. The molecule has 1 saturated carbocycles. The number of aromatic nitrogens is 3. The highest BCUT2D eigenvalue weighted by atomic mass is 32.2. The second-order valence-corrected chi connectivity index (χ2v) is 6.37. The number of urea groups is 1. The van der Waals surface area contributed by atoms with E-state index in [0.717, 1.165) is 24.6 Å². The van der Waals surface area contributed by atoms with E-state index in [1.807, 2.05) is 0 Å². The van der Waals surface area contributed by atoms with Crippen molar-refractivity contribution in [3.63, 3.8) is 0 Å². The average Bonchev–Trinajstić information content (AvgIpc) is 3.28. The normalized spacial score (nSPS) is 13.6.